The molecule has 3 aromatic carbocycles. The lowest BCUT2D eigenvalue weighted by molar-refractivity contribution is 0.102. The van der Waals surface area contributed by atoms with Crippen molar-refractivity contribution in [3.05, 3.63) is 89.0 Å². The van der Waals surface area contributed by atoms with Crippen molar-refractivity contribution >= 4 is 22.6 Å². The molecule has 5 heteroatoms. The van der Waals surface area contributed by atoms with Crippen molar-refractivity contribution in [2.24, 2.45) is 0 Å². The molecule has 1 heterocycles. The number of para-hydroxylation sites is 1. The van der Waals surface area contributed by atoms with Crippen LogP contribution in [0.25, 0.3) is 11.0 Å². The number of anilines is 1. The van der Waals surface area contributed by atoms with E-state index in [1.807, 2.05) is 79.2 Å². The van der Waals surface area contributed by atoms with Gasteiger partial charge in [0.25, 0.3) is 5.91 Å². The average Bonchev–Trinajstić information content (AvgIpc) is 3.08. The fourth-order valence-electron chi connectivity index (χ4n) is 3.12. The number of aryl methyl sites for hydroxylation is 2. The zero-order chi connectivity index (χ0) is 18.8. The lowest BCUT2D eigenvalue weighted by Crippen LogP contribution is -2.13. The largest absolute Gasteiger partial charge is 0.322 e. The summed E-state index contributed by atoms with van der Waals surface area (Å²) in [5.41, 5.74) is 6.63. The molecular weight excluding hydrogens is 336 g/mol. The Balaban J connectivity index is 1.49. The van der Waals surface area contributed by atoms with E-state index >= 15 is 0 Å². The maximum absolute atomic E-state index is 12.5. The Kier molecular flexibility index (Phi) is 4.42. The van der Waals surface area contributed by atoms with Crippen LogP contribution in [0, 0.1) is 13.8 Å². The van der Waals surface area contributed by atoms with Gasteiger partial charge in [-0.15, -0.1) is 5.10 Å². The van der Waals surface area contributed by atoms with Crippen LogP contribution < -0.4 is 5.32 Å². The third-order valence-electron chi connectivity index (χ3n) is 4.60. The lowest BCUT2D eigenvalue weighted by Gasteiger charge is -2.10. The predicted molar refractivity (Wildman–Crippen MR) is 107 cm³/mol. The summed E-state index contributed by atoms with van der Waals surface area (Å²) in [6.07, 6.45) is 0. The van der Waals surface area contributed by atoms with E-state index in [0.29, 0.717) is 12.1 Å². The van der Waals surface area contributed by atoms with Crippen molar-refractivity contribution in [1.82, 2.24) is 15.0 Å². The molecule has 1 N–H and O–H groups in total. The van der Waals surface area contributed by atoms with E-state index in [9.17, 15) is 4.79 Å². The second kappa shape index (κ2) is 7.03. The molecule has 0 aliphatic rings. The van der Waals surface area contributed by atoms with Crippen LogP contribution in [0.4, 0.5) is 5.69 Å². The van der Waals surface area contributed by atoms with Crippen LogP contribution in [0.2, 0.25) is 0 Å². The highest BCUT2D eigenvalue weighted by atomic mass is 16.1. The first-order chi connectivity index (χ1) is 13.1. The van der Waals surface area contributed by atoms with Crippen LogP contribution in [0.5, 0.6) is 0 Å². The molecule has 0 aliphatic carbocycles. The minimum atomic E-state index is -0.111. The van der Waals surface area contributed by atoms with Gasteiger partial charge in [0.05, 0.1) is 12.1 Å². The highest BCUT2D eigenvalue weighted by Crippen LogP contribution is 2.18. The highest BCUT2D eigenvalue weighted by molar-refractivity contribution is 6.04. The van der Waals surface area contributed by atoms with Gasteiger partial charge >= 0.3 is 0 Å². The third kappa shape index (κ3) is 3.58. The second-order valence-electron chi connectivity index (χ2n) is 6.71. The van der Waals surface area contributed by atoms with Crippen molar-refractivity contribution in [2.75, 3.05) is 5.32 Å². The fourth-order valence-corrected chi connectivity index (χ4v) is 3.12. The number of nitrogens with one attached hydrogen (secondary N) is 1. The number of nitrogens with zero attached hydrogens (tertiary/aromatic N) is 3. The van der Waals surface area contributed by atoms with Crippen molar-refractivity contribution in [1.29, 1.82) is 0 Å². The first-order valence-electron chi connectivity index (χ1n) is 8.86. The summed E-state index contributed by atoms with van der Waals surface area (Å²) in [5, 5.41) is 11.4. The van der Waals surface area contributed by atoms with Gasteiger partial charge in [0.15, 0.2) is 0 Å². The molecule has 0 fully saturated rings. The van der Waals surface area contributed by atoms with E-state index in [-0.39, 0.29) is 5.91 Å². The number of aromatic nitrogens is 3. The summed E-state index contributed by atoms with van der Waals surface area (Å²) in [4.78, 5) is 12.5. The number of rotatable bonds is 4. The Morgan fingerprint density at radius 1 is 1.00 bits per heavy atom. The lowest BCUT2D eigenvalue weighted by atomic mass is 10.1. The minimum Gasteiger partial charge on any atom is -0.322 e. The Morgan fingerprint density at radius 3 is 2.56 bits per heavy atom. The number of hydrogen-bond donors (Lipinski definition) is 1. The van der Waals surface area contributed by atoms with E-state index in [4.69, 9.17) is 0 Å². The molecule has 1 aromatic heterocycles. The van der Waals surface area contributed by atoms with E-state index in [1.165, 1.54) is 5.56 Å². The van der Waals surface area contributed by atoms with Crippen LogP contribution >= 0.6 is 0 Å². The molecule has 27 heavy (non-hydrogen) atoms. The van der Waals surface area contributed by atoms with Gasteiger partial charge in [-0.2, -0.15) is 0 Å². The van der Waals surface area contributed by atoms with Crippen LogP contribution in [0.15, 0.2) is 66.7 Å². The summed E-state index contributed by atoms with van der Waals surface area (Å²) in [6.45, 7) is 4.64. The molecule has 5 nitrogen and oxygen atoms in total. The smallest absolute Gasteiger partial charge is 0.255 e. The highest BCUT2D eigenvalue weighted by Gasteiger charge is 2.09. The normalized spacial score (nSPS) is 10.9. The van der Waals surface area contributed by atoms with Crippen LogP contribution in [-0.4, -0.2) is 20.9 Å². The van der Waals surface area contributed by atoms with Crippen molar-refractivity contribution < 1.29 is 4.79 Å². The quantitative estimate of drug-likeness (QED) is 0.591. The maximum atomic E-state index is 12.5. The number of carbonyl (C=O) groups excluding carboxylic acids is 1. The number of hydrogen-bond acceptors (Lipinski definition) is 3. The van der Waals surface area contributed by atoms with Gasteiger partial charge in [0.2, 0.25) is 0 Å². The Morgan fingerprint density at radius 2 is 1.78 bits per heavy atom. The number of fused-ring (bicyclic) bond motifs is 1. The Bertz CT molecular complexity index is 1110. The molecule has 134 valence electrons. The van der Waals surface area contributed by atoms with Gasteiger partial charge in [0.1, 0.15) is 5.52 Å². The Labute approximate surface area is 157 Å². The molecule has 1 amide bonds. The number of amides is 1. The van der Waals surface area contributed by atoms with E-state index in [0.717, 1.165) is 27.8 Å². The molecule has 0 aliphatic heterocycles. The molecule has 0 saturated carbocycles. The summed E-state index contributed by atoms with van der Waals surface area (Å²) in [6, 6.07) is 21.4. The summed E-state index contributed by atoms with van der Waals surface area (Å²) in [5.74, 6) is -0.111. The number of carbonyl (C=O) groups is 1. The van der Waals surface area contributed by atoms with Gasteiger partial charge in [-0.1, -0.05) is 47.2 Å². The van der Waals surface area contributed by atoms with Gasteiger partial charge in [-0.3, -0.25) is 4.79 Å². The molecule has 4 rings (SSSR count). The summed E-state index contributed by atoms with van der Waals surface area (Å²) in [7, 11) is 0. The van der Waals surface area contributed by atoms with Gasteiger partial charge in [-0.05, 0) is 55.3 Å². The van der Waals surface area contributed by atoms with Gasteiger partial charge in [-0.25, -0.2) is 4.68 Å². The topological polar surface area (TPSA) is 59.8 Å². The Hall–Kier alpha value is -3.47. The molecule has 0 bridgehead atoms. The van der Waals surface area contributed by atoms with E-state index < -0.39 is 0 Å². The van der Waals surface area contributed by atoms with Gasteiger partial charge in [0, 0.05) is 11.3 Å². The molecule has 0 saturated heterocycles. The van der Waals surface area contributed by atoms with E-state index in [2.05, 4.69) is 21.7 Å². The third-order valence-corrected chi connectivity index (χ3v) is 4.60. The maximum Gasteiger partial charge on any atom is 0.255 e. The monoisotopic (exact) mass is 356 g/mol. The number of benzene rings is 3. The zero-order valence-electron chi connectivity index (χ0n) is 15.3. The first-order valence-corrected chi connectivity index (χ1v) is 8.86. The van der Waals surface area contributed by atoms with Crippen molar-refractivity contribution in [3.8, 4) is 0 Å². The summed E-state index contributed by atoms with van der Waals surface area (Å²) < 4.78 is 1.86. The fraction of sp³-hybridized carbons (Fsp3) is 0.136. The SMILES string of the molecule is Cc1ccc(NC(=O)c2ccc(Cn3nnc4ccccc43)cc2)c(C)c1. The molecular formula is C22H20N4O. The zero-order valence-corrected chi connectivity index (χ0v) is 15.3. The van der Waals surface area contributed by atoms with Crippen molar-refractivity contribution in [2.45, 2.75) is 20.4 Å². The molecule has 0 atom stereocenters. The molecule has 0 radical (unpaired) electrons. The van der Waals surface area contributed by atoms with Crippen LogP contribution in [0.3, 0.4) is 0 Å². The second-order valence-corrected chi connectivity index (χ2v) is 6.71. The van der Waals surface area contributed by atoms with E-state index in [1.54, 1.807) is 0 Å². The van der Waals surface area contributed by atoms with Crippen LogP contribution in [0.1, 0.15) is 27.0 Å². The average molecular weight is 356 g/mol. The first kappa shape index (κ1) is 17.0. The predicted octanol–water partition coefficient (Wildman–Crippen LogP) is 4.35. The van der Waals surface area contributed by atoms with Crippen molar-refractivity contribution in [3.63, 3.8) is 0 Å². The molecule has 4 aromatic rings. The molecule has 0 unspecified atom stereocenters. The van der Waals surface area contributed by atoms with Gasteiger partial charge < -0.3 is 5.32 Å². The standard InChI is InChI=1S/C22H20N4O/c1-15-7-12-19(16(2)13-15)23-22(27)18-10-8-17(9-11-18)14-26-21-6-4-3-5-20(21)24-25-26/h3-13H,14H2,1-2H3,(H,23,27). The minimum absolute atomic E-state index is 0.111. The molecule has 0 spiro atoms. The summed E-state index contributed by atoms with van der Waals surface area (Å²) >= 11 is 0. The van der Waals surface area contributed by atoms with Crippen LogP contribution in [-0.2, 0) is 6.54 Å².